The number of hydrogen-bond donors (Lipinski definition) is 0. The minimum Gasteiger partial charge on any atom is -0.126 e. The van der Waals surface area contributed by atoms with E-state index in [-0.39, 0.29) is 10.8 Å². The molecule has 94 valence electrons. The van der Waals surface area contributed by atoms with Crippen LogP contribution in [0.1, 0.15) is 50.8 Å². The Labute approximate surface area is 110 Å². The van der Waals surface area contributed by atoms with Crippen LogP contribution in [-0.2, 0) is 10.8 Å². The SMILES string of the molecule is Cc1ccc2c(c1)C(C)(C)[C@@H](CCl)CC2(C)C. The van der Waals surface area contributed by atoms with Gasteiger partial charge in [-0.3, -0.25) is 0 Å². The van der Waals surface area contributed by atoms with Gasteiger partial charge in [0.05, 0.1) is 0 Å². The van der Waals surface area contributed by atoms with Crippen molar-refractivity contribution >= 4 is 11.6 Å². The predicted octanol–water partition coefficient (Wildman–Crippen LogP) is 4.81. The highest BCUT2D eigenvalue weighted by atomic mass is 35.5. The fourth-order valence-corrected chi connectivity index (χ4v) is 3.72. The van der Waals surface area contributed by atoms with Crippen LogP contribution in [0.2, 0.25) is 0 Å². The van der Waals surface area contributed by atoms with Crippen LogP contribution in [0.4, 0.5) is 0 Å². The van der Waals surface area contributed by atoms with E-state index in [0.29, 0.717) is 5.92 Å². The van der Waals surface area contributed by atoms with Crippen LogP contribution < -0.4 is 0 Å². The van der Waals surface area contributed by atoms with Crippen molar-refractivity contribution in [2.45, 2.75) is 51.9 Å². The molecule has 2 rings (SSSR count). The summed E-state index contributed by atoms with van der Waals surface area (Å²) < 4.78 is 0. The molecule has 1 aliphatic carbocycles. The number of halogens is 1. The maximum absolute atomic E-state index is 6.20. The first-order valence-corrected chi connectivity index (χ1v) is 7.00. The lowest BCUT2D eigenvalue weighted by atomic mass is 9.58. The number of benzene rings is 1. The van der Waals surface area contributed by atoms with Gasteiger partial charge in [0.1, 0.15) is 0 Å². The van der Waals surface area contributed by atoms with Crippen molar-refractivity contribution in [3.05, 3.63) is 34.9 Å². The van der Waals surface area contributed by atoms with Crippen molar-refractivity contribution in [3.63, 3.8) is 0 Å². The Morgan fingerprint density at radius 1 is 1.18 bits per heavy atom. The van der Waals surface area contributed by atoms with Crippen molar-refractivity contribution < 1.29 is 0 Å². The molecule has 1 aromatic carbocycles. The van der Waals surface area contributed by atoms with Crippen LogP contribution in [-0.4, -0.2) is 5.88 Å². The highest BCUT2D eigenvalue weighted by molar-refractivity contribution is 6.18. The van der Waals surface area contributed by atoms with Gasteiger partial charge < -0.3 is 0 Å². The average Bonchev–Trinajstić information content (AvgIpc) is 2.24. The zero-order valence-electron chi connectivity index (χ0n) is 11.6. The van der Waals surface area contributed by atoms with E-state index < -0.39 is 0 Å². The molecule has 0 N–H and O–H groups in total. The van der Waals surface area contributed by atoms with E-state index in [1.165, 1.54) is 23.1 Å². The third-order valence-corrected chi connectivity index (χ3v) is 4.93. The van der Waals surface area contributed by atoms with Gasteiger partial charge in [-0.05, 0) is 41.2 Å². The second-order valence-electron chi connectivity index (χ2n) is 6.71. The first kappa shape index (κ1) is 13.0. The maximum atomic E-state index is 6.20. The molecule has 17 heavy (non-hydrogen) atoms. The largest absolute Gasteiger partial charge is 0.126 e. The van der Waals surface area contributed by atoms with E-state index in [2.05, 4.69) is 52.8 Å². The Morgan fingerprint density at radius 3 is 2.41 bits per heavy atom. The molecule has 0 radical (unpaired) electrons. The van der Waals surface area contributed by atoms with Crippen molar-refractivity contribution in [2.75, 3.05) is 5.88 Å². The van der Waals surface area contributed by atoms with Gasteiger partial charge in [0.25, 0.3) is 0 Å². The molecule has 0 saturated carbocycles. The lowest BCUT2D eigenvalue weighted by molar-refractivity contribution is 0.236. The smallest absolute Gasteiger partial charge is 0.0260 e. The van der Waals surface area contributed by atoms with Crippen molar-refractivity contribution in [1.29, 1.82) is 0 Å². The van der Waals surface area contributed by atoms with Gasteiger partial charge in [-0.1, -0.05) is 51.5 Å². The standard InChI is InChI=1S/C16H23Cl/c1-11-6-7-13-14(8-11)16(4,5)12(10-17)9-15(13,2)3/h6-8,12H,9-10H2,1-5H3/t12-/m1/s1. The van der Waals surface area contributed by atoms with Gasteiger partial charge in [-0.2, -0.15) is 0 Å². The summed E-state index contributed by atoms with van der Waals surface area (Å²) in [5.41, 5.74) is 4.80. The van der Waals surface area contributed by atoms with E-state index in [1.54, 1.807) is 0 Å². The topological polar surface area (TPSA) is 0 Å². The zero-order chi connectivity index (χ0) is 12.8. The average molecular weight is 251 g/mol. The van der Waals surface area contributed by atoms with Crippen LogP contribution in [0.25, 0.3) is 0 Å². The Hall–Kier alpha value is -0.490. The number of alkyl halides is 1. The molecule has 0 saturated heterocycles. The molecule has 1 atom stereocenters. The Balaban J connectivity index is 2.64. The first-order chi connectivity index (χ1) is 7.79. The lowest BCUT2D eigenvalue weighted by Gasteiger charge is -2.47. The monoisotopic (exact) mass is 250 g/mol. The molecular weight excluding hydrogens is 228 g/mol. The van der Waals surface area contributed by atoms with Crippen LogP contribution >= 0.6 is 11.6 Å². The van der Waals surface area contributed by atoms with Crippen LogP contribution in [0.15, 0.2) is 18.2 Å². The quantitative estimate of drug-likeness (QED) is 0.628. The number of hydrogen-bond acceptors (Lipinski definition) is 0. The van der Waals surface area contributed by atoms with Crippen LogP contribution in [0.5, 0.6) is 0 Å². The summed E-state index contributed by atoms with van der Waals surface area (Å²) in [6.45, 7) is 11.5. The van der Waals surface area contributed by atoms with E-state index in [4.69, 9.17) is 11.6 Å². The predicted molar refractivity (Wildman–Crippen MR) is 76.1 cm³/mol. The molecule has 0 aliphatic heterocycles. The molecule has 0 fully saturated rings. The fourth-order valence-electron chi connectivity index (χ4n) is 3.23. The molecule has 0 amide bonds. The van der Waals surface area contributed by atoms with Gasteiger partial charge in [0, 0.05) is 5.88 Å². The number of rotatable bonds is 1. The summed E-state index contributed by atoms with van der Waals surface area (Å²) in [6.07, 6.45) is 1.18. The third kappa shape index (κ3) is 2.01. The highest BCUT2D eigenvalue weighted by Gasteiger charge is 2.43. The van der Waals surface area contributed by atoms with Gasteiger partial charge in [-0.25, -0.2) is 0 Å². The van der Waals surface area contributed by atoms with Crippen molar-refractivity contribution in [3.8, 4) is 0 Å². The van der Waals surface area contributed by atoms with E-state index in [1.807, 2.05) is 0 Å². The second kappa shape index (κ2) is 4.02. The Bertz CT molecular complexity index is 429. The zero-order valence-corrected chi connectivity index (χ0v) is 12.4. The molecule has 1 aromatic rings. The minimum atomic E-state index is 0.193. The maximum Gasteiger partial charge on any atom is 0.0260 e. The van der Waals surface area contributed by atoms with Crippen LogP contribution in [0.3, 0.4) is 0 Å². The third-order valence-electron chi connectivity index (χ3n) is 4.56. The van der Waals surface area contributed by atoms with Crippen LogP contribution in [0, 0.1) is 12.8 Å². The molecule has 0 unspecified atom stereocenters. The molecule has 1 heteroatoms. The van der Waals surface area contributed by atoms with Gasteiger partial charge >= 0.3 is 0 Å². The summed E-state index contributed by atoms with van der Waals surface area (Å²) in [7, 11) is 0. The number of aryl methyl sites for hydroxylation is 1. The summed E-state index contributed by atoms with van der Waals surface area (Å²) in [6, 6.07) is 6.91. The van der Waals surface area contributed by atoms with Gasteiger partial charge in [-0.15, -0.1) is 11.6 Å². The summed E-state index contributed by atoms with van der Waals surface area (Å²) in [5, 5.41) is 0. The summed E-state index contributed by atoms with van der Waals surface area (Å²) in [4.78, 5) is 0. The van der Waals surface area contributed by atoms with E-state index >= 15 is 0 Å². The Morgan fingerprint density at radius 2 is 1.82 bits per heavy atom. The molecule has 0 bridgehead atoms. The molecule has 0 spiro atoms. The Kier molecular flexibility index (Phi) is 3.06. The van der Waals surface area contributed by atoms with Crippen molar-refractivity contribution in [1.82, 2.24) is 0 Å². The lowest BCUT2D eigenvalue weighted by Crippen LogP contribution is -2.42. The van der Waals surface area contributed by atoms with Crippen molar-refractivity contribution in [2.24, 2.45) is 5.92 Å². The second-order valence-corrected chi connectivity index (χ2v) is 7.02. The first-order valence-electron chi connectivity index (χ1n) is 6.46. The molecule has 0 heterocycles. The fraction of sp³-hybridized carbons (Fsp3) is 0.625. The molecule has 1 aliphatic rings. The summed E-state index contributed by atoms with van der Waals surface area (Å²) >= 11 is 6.20. The van der Waals surface area contributed by atoms with E-state index in [0.717, 1.165) is 5.88 Å². The van der Waals surface area contributed by atoms with Gasteiger partial charge in [0.15, 0.2) is 0 Å². The summed E-state index contributed by atoms with van der Waals surface area (Å²) in [5.74, 6) is 1.32. The molecular formula is C16H23Cl. The number of fused-ring (bicyclic) bond motifs is 1. The van der Waals surface area contributed by atoms with Gasteiger partial charge in [0.2, 0.25) is 0 Å². The normalized spacial score (nSPS) is 25.4. The highest BCUT2D eigenvalue weighted by Crippen LogP contribution is 2.49. The minimum absolute atomic E-state index is 0.193. The molecule has 0 aromatic heterocycles. The van der Waals surface area contributed by atoms with E-state index in [9.17, 15) is 0 Å². The molecule has 0 nitrogen and oxygen atoms in total.